The number of aromatic nitrogens is 4. The molecule has 0 aliphatic heterocycles. The quantitative estimate of drug-likeness (QED) is 0.836. The van der Waals surface area contributed by atoms with Crippen LogP contribution in [0.25, 0.3) is 11.0 Å². The topological polar surface area (TPSA) is 83.7 Å². The zero-order valence-corrected chi connectivity index (χ0v) is 10.6. The number of hydrogen-bond donors (Lipinski definition) is 2. The fourth-order valence-corrected chi connectivity index (χ4v) is 2.24. The molecule has 2 heterocycles. The van der Waals surface area contributed by atoms with Crippen molar-refractivity contribution >= 4 is 22.8 Å². The van der Waals surface area contributed by atoms with E-state index in [1.54, 1.807) is 6.20 Å². The molecule has 6 heteroatoms. The van der Waals surface area contributed by atoms with Crippen LogP contribution in [0.4, 0.5) is 11.8 Å². The van der Waals surface area contributed by atoms with Crippen molar-refractivity contribution in [2.45, 2.75) is 26.2 Å². The predicted octanol–water partition coefficient (Wildman–Crippen LogP) is 1.56. The number of fused-ring (bicyclic) bond motifs is 1. The fraction of sp³-hybridized carbons (Fsp3) is 0.583. The zero-order valence-electron chi connectivity index (χ0n) is 10.6. The van der Waals surface area contributed by atoms with Crippen molar-refractivity contribution in [3.8, 4) is 0 Å². The lowest BCUT2D eigenvalue weighted by molar-refractivity contribution is 0.701. The highest BCUT2D eigenvalue weighted by Gasteiger charge is 2.26. The SMILES string of the molecule is CCCN(CC1CC1)c1nc(N)nc2[nH]ncc12. The summed E-state index contributed by atoms with van der Waals surface area (Å²) < 4.78 is 0. The Kier molecular flexibility index (Phi) is 2.77. The van der Waals surface area contributed by atoms with Gasteiger partial charge >= 0.3 is 0 Å². The van der Waals surface area contributed by atoms with E-state index in [4.69, 9.17) is 5.73 Å². The Hall–Kier alpha value is -1.85. The lowest BCUT2D eigenvalue weighted by Gasteiger charge is -2.23. The van der Waals surface area contributed by atoms with Crippen molar-refractivity contribution < 1.29 is 0 Å². The Labute approximate surface area is 106 Å². The normalized spacial score (nSPS) is 15.2. The van der Waals surface area contributed by atoms with Gasteiger partial charge in [-0.15, -0.1) is 0 Å². The third kappa shape index (κ3) is 2.10. The lowest BCUT2D eigenvalue weighted by Crippen LogP contribution is -2.28. The Morgan fingerprint density at radius 3 is 3.00 bits per heavy atom. The summed E-state index contributed by atoms with van der Waals surface area (Å²) in [6.07, 6.45) is 5.53. The van der Waals surface area contributed by atoms with E-state index in [1.807, 2.05) is 0 Å². The van der Waals surface area contributed by atoms with Crippen LogP contribution in [-0.2, 0) is 0 Å². The van der Waals surface area contributed by atoms with Gasteiger partial charge in [0.1, 0.15) is 5.82 Å². The highest BCUT2D eigenvalue weighted by Crippen LogP contribution is 2.32. The molecule has 0 saturated heterocycles. The van der Waals surface area contributed by atoms with Crippen molar-refractivity contribution in [1.29, 1.82) is 0 Å². The van der Waals surface area contributed by atoms with Crippen LogP contribution in [0, 0.1) is 5.92 Å². The monoisotopic (exact) mass is 246 g/mol. The molecule has 0 bridgehead atoms. The molecule has 1 aliphatic carbocycles. The van der Waals surface area contributed by atoms with Gasteiger partial charge in [-0.05, 0) is 25.2 Å². The van der Waals surface area contributed by atoms with Gasteiger partial charge in [0.15, 0.2) is 5.65 Å². The van der Waals surface area contributed by atoms with Gasteiger partial charge in [0.05, 0.1) is 11.6 Å². The van der Waals surface area contributed by atoms with Gasteiger partial charge in [-0.2, -0.15) is 15.1 Å². The largest absolute Gasteiger partial charge is 0.368 e. The molecule has 0 unspecified atom stereocenters. The number of nitrogens with one attached hydrogen (secondary N) is 1. The van der Waals surface area contributed by atoms with Crippen molar-refractivity contribution in [3.63, 3.8) is 0 Å². The number of nitrogens with zero attached hydrogens (tertiary/aromatic N) is 4. The summed E-state index contributed by atoms with van der Waals surface area (Å²) in [5.74, 6) is 2.04. The Bertz CT molecular complexity index is 544. The summed E-state index contributed by atoms with van der Waals surface area (Å²) in [4.78, 5) is 10.9. The van der Waals surface area contributed by atoms with Gasteiger partial charge in [-0.25, -0.2) is 0 Å². The summed E-state index contributed by atoms with van der Waals surface area (Å²) in [7, 11) is 0. The second-order valence-electron chi connectivity index (χ2n) is 4.93. The van der Waals surface area contributed by atoms with Crippen molar-refractivity contribution in [2.75, 3.05) is 23.7 Å². The number of nitrogens with two attached hydrogens (primary N) is 1. The Morgan fingerprint density at radius 1 is 1.44 bits per heavy atom. The van der Waals surface area contributed by atoms with Crippen LogP contribution < -0.4 is 10.6 Å². The molecule has 0 atom stereocenters. The van der Waals surface area contributed by atoms with Crippen LogP contribution in [0.1, 0.15) is 26.2 Å². The summed E-state index contributed by atoms with van der Waals surface area (Å²) in [6, 6.07) is 0. The summed E-state index contributed by atoms with van der Waals surface area (Å²) in [6.45, 7) is 4.23. The van der Waals surface area contributed by atoms with E-state index < -0.39 is 0 Å². The van der Waals surface area contributed by atoms with E-state index in [0.717, 1.165) is 42.3 Å². The number of anilines is 2. The van der Waals surface area contributed by atoms with Gasteiger partial charge < -0.3 is 10.6 Å². The minimum absolute atomic E-state index is 0.304. The first kappa shape index (κ1) is 11.3. The molecular weight excluding hydrogens is 228 g/mol. The van der Waals surface area contributed by atoms with Crippen molar-refractivity contribution in [1.82, 2.24) is 20.2 Å². The maximum atomic E-state index is 5.77. The molecule has 0 aromatic carbocycles. The molecule has 6 nitrogen and oxygen atoms in total. The summed E-state index contributed by atoms with van der Waals surface area (Å²) in [5.41, 5.74) is 6.48. The maximum Gasteiger partial charge on any atom is 0.224 e. The molecule has 1 fully saturated rings. The van der Waals surface area contributed by atoms with E-state index in [9.17, 15) is 0 Å². The highest BCUT2D eigenvalue weighted by molar-refractivity contribution is 5.87. The van der Waals surface area contributed by atoms with E-state index in [-0.39, 0.29) is 0 Å². The smallest absolute Gasteiger partial charge is 0.224 e. The minimum Gasteiger partial charge on any atom is -0.368 e. The molecule has 3 rings (SSSR count). The van der Waals surface area contributed by atoms with Crippen LogP contribution in [0.15, 0.2) is 6.20 Å². The molecule has 0 spiro atoms. The maximum absolute atomic E-state index is 5.77. The van der Waals surface area contributed by atoms with Gasteiger partial charge in [0.25, 0.3) is 0 Å². The van der Waals surface area contributed by atoms with Crippen molar-refractivity contribution in [3.05, 3.63) is 6.20 Å². The molecule has 3 N–H and O–H groups in total. The third-order valence-electron chi connectivity index (χ3n) is 3.28. The number of rotatable bonds is 5. The second-order valence-corrected chi connectivity index (χ2v) is 4.93. The zero-order chi connectivity index (χ0) is 12.5. The number of nitrogen functional groups attached to an aromatic ring is 1. The van der Waals surface area contributed by atoms with Gasteiger partial charge in [-0.3, -0.25) is 5.10 Å². The van der Waals surface area contributed by atoms with Gasteiger partial charge in [0, 0.05) is 13.1 Å². The van der Waals surface area contributed by atoms with Crippen LogP contribution in [0.2, 0.25) is 0 Å². The van der Waals surface area contributed by atoms with Crippen LogP contribution in [0.3, 0.4) is 0 Å². The molecule has 2 aromatic heterocycles. The highest BCUT2D eigenvalue weighted by atomic mass is 15.2. The number of hydrogen-bond acceptors (Lipinski definition) is 5. The Morgan fingerprint density at radius 2 is 2.28 bits per heavy atom. The van der Waals surface area contributed by atoms with Crippen molar-refractivity contribution in [2.24, 2.45) is 5.92 Å². The predicted molar refractivity (Wildman–Crippen MR) is 71.3 cm³/mol. The molecule has 96 valence electrons. The first-order chi connectivity index (χ1) is 8.78. The second kappa shape index (κ2) is 4.44. The van der Waals surface area contributed by atoms with E-state index in [2.05, 4.69) is 32.0 Å². The molecule has 0 radical (unpaired) electrons. The molecule has 1 saturated carbocycles. The average molecular weight is 246 g/mol. The van der Waals surface area contributed by atoms with Crippen LogP contribution in [-0.4, -0.2) is 33.3 Å². The molecule has 2 aromatic rings. The van der Waals surface area contributed by atoms with Gasteiger partial charge in [0.2, 0.25) is 5.95 Å². The lowest BCUT2D eigenvalue weighted by atomic mass is 10.3. The molecule has 1 aliphatic rings. The van der Waals surface area contributed by atoms with Gasteiger partial charge in [-0.1, -0.05) is 6.92 Å². The summed E-state index contributed by atoms with van der Waals surface area (Å²) in [5, 5.41) is 7.85. The number of H-pyrrole nitrogens is 1. The fourth-order valence-electron chi connectivity index (χ4n) is 2.24. The average Bonchev–Trinajstić information content (AvgIpc) is 3.03. The first-order valence-electron chi connectivity index (χ1n) is 6.49. The minimum atomic E-state index is 0.304. The number of aromatic amines is 1. The van der Waals surface area contributed by atoms with Crippen LogP contribution >= 0.6 is 0 Å². The van der Waals surface area contributed by atoms with E-state index >= 15 is 0 Å². The Balaban J connectivity index is 2.00. The van der Waals surface area contributed by atoms with Crippen LogP contribution in [0.5, 0.6) is 0 Å². The molecule has 0 amide bonds. The standard InChI is InChI=1S/C12H18N6/c1-2-5-18(7-8-3-4-8)11-9-6-14-17-10(9)15-12(13)16-11/h6,8H,2-5,7H2,1H3,(H3,13,14,15,16,17). The first-order valence-corrected chi connectivity index (χ1v) is 6.49. The third-order valence-corrected chi connectivity index (χ3v) is 3.28. The van der Waals surface area contributed by atoms with E-state index in [1.165, 1.54) is 12.8 Å². The summed E-state index contributed by atoms with van der Waals surface area (Å²) >= 11 is 0. The molecular formula is C12H18N6. The molecule has 18 heavy (non-hydrogen) atoms. The van der Waals surface area contributed by atoms with E-state index in [0.29, 0.717) is 5.95 Å².